The molecule has 0 unspecified atom stereocenters. The number of hydrogen-bond acceptors (Lipinski definition) is 3. The molecule has 0 amide bonds. The Hall–Kier alpha value is -6.65. The van der Waals surface area contributed by atoms with E-state index in [1.807, 2.05) is 18.2 Å². The fourth-order valence-electron chi connectivity index (χ4n) is 7.34. The molecule has 0 atom stereocenters. The molecule has 7 aromatic carbocycles. The molecule has 0 bridgehead atoms. The standard InChI is InChI=1S/C45H28N4/c1-3-15-31(16-4-1)38-28-39(32-17-5-2-6-18-32)48-45(47-38)36-27-42(46-37-22-12-11-21-35(36)37)49-40-25-23-29-13-7-9-19-33(29)43(40)44-34-20-10-8-14-30(34)24-26-41(44)49/h1-28H. The lowest BCUT2D eigenvalue weighted by atomic mass is 10.00. The highest BCUT2D eigenvalue weighted by Gasteiger charge is 2.20. The number of benzene rings is 7. The monoisotopic (exact) mass is 624 g/mol. The van der Waals surface area contributed by atoms with Gasteiger partial charge >= 0.3 is 0 Å². The van der Waals surface area contributed by atoms with Crippen molar-refractivity contribution >= 4 is 54.3 Å². The number of para-hydroxylation sites is 1. The van der Waals surface area contributed by atoms with E-state index in [1.165, 1.54) is 32.3 Å². The summed E-state index contributed by atoms with van der Waals surface area (Å²) in [7, 11) is 0. The average Bonchev–Trinajstić information content (AvgIpc) is 3.53. The first-order chi connectivity index (χ1) is 24.3. The molecule has 10 aromatic rings. The number of hydrogen-bond donors (Lipinski definition) is 0. The smallest absolute Gasteiger partial charge is 0.161 e. The van der Waals surface area contributed by atoms with Gasteiger partial charge in [0, 0.05) is 32.8 Å². The summed E-state index contributed by atoms with van der Waals surface area (Å²) in [6.07, 6.45) is 0. The summed E-state index contributed by atoms with van der Waals surface area (Å²) in [5.74, 6) is 1.49. The molecule has 0 fully saturated rings. The molecule has 0 N–H and O–H groups in total. The molecule has 49 heavy (non-hydrogen) atoms. The van der Waals surface area contributed by atoms with E-state index in [1.54, 1.807) is 0 Å². The Morgan fingerprint density at radius 1 is 0.388 bits per heavy atom. The van der Waals surface area contributed by atoms with Gasteiger partial charge in [0.05, 0.1) is 27.9 Å². The van der Waals surface area contributed by atoms with Crippen LogP contribution in [0.1, 0.15) is 0 Å². The van der Waals surface area contributed by atoms with E-state index in [2.05, 4.69) is 156 Å². The van der Waals surface area contributed by atoms with Crippen LogP contribution in [0.25, 0.3) is 94.0 Å². The number of fused-ring (bicyclic) bond motifs is 8. The van der Waals surface area contributed by atoms with Crippen molar-refractivity contribution in [2.45, 2.75) is 0 Å². The highest BCUT2D eigenvalue weighted by Crippen LogP contribution is 2.41. The zero-order valence-corrected chi connectivity index (χ0v) is 26.5. The highest BCUT2D eigenvalue weighted by molar-refractivity contribution is 6.28. The second-order valence-corrected chi connectivity index (χ2v) is 12.4. The largest absolute Gasteiger partial charge is 0.294 e. The molecule has 4 heteroatoms. The molecule has 3 heterocycles. The minimum Gasteiger partial charge on any atom is -0.294 e. The van der Waals surface area contributed by atoms with Gasteiger partial charge in [0.2, 0.25) is 0 Å². The van der Waals surface area contributed by atoms with Crippen LogP contribution in [-0.4, -0.2) is 19.5 Å². The van der Waals surface area contributed by atoms with Gasteiger partial charge in [-0.1, -0.05) is 140 Å². The fourth-order valence-corrected chi connectivity index (χ4v) is 7.34. The van der Waals surface area contributed by atoms with Gasteiger partial charge in [-0.25, -0.2) is 15.0 Å². The first kappa shape index (κ1) is 27.5. The zero-order chi connectivity index (χ0) is 32.3. The maximum absolute atomic E-state index is 5.33. The van der Waals surface area contributed by atoms with Gasteiger partial charge < -0.3 is 0 Å². The van der Waals surface area contributed by atoms with Crippen molar-refractivity contribution in [3.8, 4) is 39.7 Å². The van der Waals surface area contributed by atoms with Crippen LogP contribution in [0, 0.1) is 0 Å². The molecule has 4 nitrogen and oxygen atoms in total. The van der Waals surface area contributed by atoms with Crippen molar-refractivity contribution in [2.24, 2.45) is 0 Å². The van der Waals surface area contributed by atoms with Crippen LogP contribution >= 0.6 is 0 Å². The molecule has 0 spiro atoms. The summed E-state index contributed by atoms with van der Waals surface area (Å²) in [6.45, 7) is 0. The van der Waals surface area contributed by atoms with Gasteiger partial charge in [-0.15, -0.1) is 0 Å². The van der Waals surface area contributed by atoms with E-state index in [0.29, 0.717) is 5.82 Å². The van der Waals surface area contributed by atoms with Crippen LogP contribution in [0.2, 0.25) is 0 Å². The third-order valence-corrected chi connectivity index (χ3v) is 9.58. The average molecular weight is 625 g/mol. The molecule has 10 rings (SSSR count). The van der Waals surface area contributed by atoms with Crippen molar-refractivity contribution < 1.29 is 0 Å². The Balaban J connectivity index is 1.31. The van der Waals surface area contributed by atoms with Gasteiger partial charge in [-0.3, -0.25) is 4.57 Å². The molecule has 3 aromatic heterocycles. The first-order valence-electron chi connectivity index (χ1n) is 16.5. The highest BCUT2D eigenvalue weighted by atomic mass is 15.1. The lowest BCUT2D eigenvalue weighted by Crippen LogP contribution is -2.02. The third kappa shape index (κ3) is 4.42. The van der Waals surface area contributed by atoms with Gasteiger partial charge in [-0.2, -0.15) is 0 Å². The van der Waals surface area contributed by atoms with Crippen molar-refractivity contribution in [3.63, 3.8) is 0 Å². The lowest BCUT2D eigenvalue weighted by molar-refractivity contribution is 1.10. The molecule has 0 saturated carbocycles. The van der Waals surface area contributed by atoms with E-state index >= 15 is 0 Å². The summed E-state index contributed by atoms with van der Waals surface area (Å²) in [6, 6.07) is 59.5. The predicted octanol–water partition coefficient (Wildman–Crippen LogP) is 11.4. The SMILES string of the molecule is c1ccc(-c2cc(-c3ccccc3)nc(-c3cc(-n4c5ccc6ccccc6c5c5c6ccccc6ccc54)nc4ccccc34)n2)cc1. The molecule has 0 aliphatic rings. The normalized spacial score (nSPS) is 11.7. The molecule has 228 valence electrons. The van der Waals surface area contributed by atoms with Crippen LogP contribution in [0.5, 0.6) is 0 Å². The topological polar surface area (TPSA) is 43.6 Å². The number of aromatic nitrogens is 4. The Labute approximate surface area is 282 Å². The quantitative estimate of drug-likeness (QED) is 0.196. The molecule has 0 aliphatic carbocycles. The van der Waals surface area contributed by atoms with Crippen molar-refractivity contribution in [2.75, 3.05) is 0 Å². The first-order valence-corrected chi connectivity index (χ1v) is 16.5. The molecule has 0 radical (unpaired) electrons. The van der Waals surface area contributed by atoms with Crippen LogP contribution in [0.15, 0.2) is 170 Å². The summed E-state index contributed by atoms with van der Waals surface area (Å²) >= 11 is 0. The van der Waals surface area contributed by atoms with Crippen LogP contribution < -0.4 is 0 Å². The van der Waals surface area contributed by atoms with E-state index in [9.17, 15) is 0 Å². The lowest BCUT2D eigenvalue weighted by Gasteiger charge is -2.14. The van der Waals surface area contributed by atoms with Gasteiger partial charge in [0.25, 0.3) is 0 Å². The van der Waals surface area contributed by atoms with E-state index in [4.69, 9.17) is 15.0 Å². The number of rotatable bonds is 4. The molecule has 0 saturated heterocycles. The van der Waals surface area contributed by atoms with Gasteiger partial charge in [-0.05, 0) is 51.9 Å². The Bertz CT molecular complexity index is 2720. The van der Waals surface area contributed by atoms with Gasteiger partial charge in [0.1, 0.15) is 5.82 Å². The molecule has 0 aliphatic heterocycles. The summed E-state index contributed by atoms with van der Waals surface area (Å²) < 4.78 is 2.32. The fraction of sp³-hybridized carbons (Fsp3) is 0. The number of pyridine rings is 1. The minimum absolute atomic E-state index is 0.664. The molecular formula is C45H28N4. The van der Waals surface area contributed by atoms with Crippen molar-refractivity contribution in [1.29, 1.82) is 0 Å². The van der Waals surface area contributed by atoms with Crippen LogP contribution in [-0.2, 0) is 0 Å². The van der Waals surface area contributed by atoms with Crippen LogP contribution in [0.4, 0.5) is 0 Å². The van der Waals surface area contributed by atoms with Crippen LogP contribution in [0.3, 0.4) is 0 Å². The molecular weight excluding hydrogens is 597 g/mol. The zero-order valence-electron chi connectivity index (χ0n) is 26.5. The number of nitrogens with zero attached hydrogens (tertiary/aromatic N) is 4. The second kappa shape index (κ2) is 11.0. The summed E-state index contributed by atoms with van der Waals surface area (Å²) in [5, 5.41) is 8.36. The third-order valence-electron chi connectivity index (χ3n) is 9.58. The van der Waals surface area contributed by atoms with E-state index in [0.717, 1.165) is 55.8 Å². The Kier molecular flexibility index (Phi) is 6.15. The second-order valence-electron chi connectivity index (χ2n) is 12.4. The maximum Gasteiger partial charge on any atom is 0.161 e. The predicted molar refractivity (Wildman–Crippen MR) is 203 cm³/mol. The van der Waals surface area contributed by atoms with E-state index < -0.39 is 0 Å². The summed E-state index contributed by atoms with van der Waals surface area (Å²) in [4.78, 5) is 15.8. The van der Waals surface area contributed by atoms with Gasteiger partial charge in [0.15, 0.2) is 5.82 Å². The Morgan fingerprint density at radius 2 is 0.878 bits per heavy atom. The van der Waals surface area contributed by atoms with Crippen molar-refractivity contribution in [3.05, 3.63) is 170 Å². The Morgan fingerprint density at radius 3 is 1.45 bits per heavy atom. The van der Waals surface area contributed by atoms with Crippen molar-refractivity contribution in [1.82, 2.24) is 19.5 Å². The minimum atomic E-state index is 0.664. The maximum atomic E-state index is 5.33. The van der Waals surface area contributed by atoms with E-state index in [-0.39, 0.29) is 0 Å². The summed E-state index contributed by atoms with van der Waals surface area (Å²) in [5.41, 5.74) is 7.90.